The molecule has 0 radical (unpaired) electrons. The van der Waals surface area contributed by atoms with Gasteiger partial charge in [0.25, 0.3) is 0 Å². The molecule has 5 heteroatoms. The van der Waals surface area contributed by atoms with Crippen LogP contribution in [-0.4, -0.2) is 36.2 Å². The van der Waals surface area contributed by atoms with Crippen LogP contribution in [0, 0.1) is 0 Å². The van der Waals surface area contributed by atoms with E-state index in [1.54, 1.807) is 0 Å². The largest absolute Gasteiger partial charge is 0.460 e. The number of ether oxygens (including phenoxy) is 1. The first-order valence-electron chi connectivity index (χ1n) is 8.61. The molecule has 1 saturated heterocycles. The number of furan rings is 1. The first-order chi connectivity index (χ1) is 11.6. The smallest absolute Gasteiger partial charge is 0.230 e. The zero-order valence-corrected chi connectivity index (χ0v) is 15.2. The van der Waals surface area contributed by atoms with E-state index in [0.717, 1.165) is 48.5 Å². The highest BCUT2D eigenvalue weighted by Gasteiger charge is 2.33. The number of benzene rings is 1. The predicted octanol–water partition coefficient (Wildman–Crippen LogP) is 3.95. The van der Waals surface area contributed by atoms with Gasteiger partial charge in [-0.1, -0.05) is 25.1 Å². The molecule has 0 unspecified atom stereocenters. The summed E-state index contributed by atoms with van der Waals surface area (Å²) < 4.78 is 11.4. The summed E-state index contributed by atoms with van der Waals surface area (Å²) in [6.07, 6.45) is 1.98. The molecular weight excluding hydrogens is 322 g/mol. The second kappa shape index (κ2) is 7.62. The number of fused-ring (bicyclic) bond motifs is 1. The quantitative estimate of drug-likeness (QED) is 0.859. The third kappa shape index (κ3) is 3.78. The second-order valence-electron chi connectivity index (χ2n) is 6.35. The number of hydrogen-bond acceptors (Lipinski definition) is 4. The molecule has 1 aromatic carbocycles. The number of rotatable bonds is 6. The molecule has 1 amide bonds. The number of amides is 1. The highest BCUT2D eigenvalue weighted by Crippen LogP contribution is 2.35. The lowest BCUT2D eigenvalue weighted by Crippen LogP contribution is -2.45. The summed E-state index contributed by atoms with van der Waals surface area (Å²) >= 11 is 1.93. The van der Waals surface area contributed by atoms with Gasteiger partial charge in [0.05, 0.1) is 5.92 Å². The van der Waals surface area contributed by atoms with Crippen LogP contribution < -0.4 is 5.32 Å². The van der Waals surface area contributed by atoms with Crippen molar-refractivity contribution in [3.63, 3.8) is 0 Å². The Bertz CT molecular complexity index is 652. The van der Waals surface area contributed by atoms with E-state index in [0.29, 0.717) is 6.54 Å². The summed E-state index contributed by atoms with van der Waals surface area (Å²) in [7, 11) is 0. The van der Waals surface area contributed by atoms with Crippen LogP contribution in [0.5, 0.6) is 0 Å². The number of nitrogens with one attached hydrogen (secondary N) is 1. The Balaban J connectivity index is 1.64. The van der Waals surface area contributed by atoms with Crippen LogP contribution in [0.3, 0.4) is 0 Å². The maximum atomic E-state index is 12.6. The van der Waals surface area contributed by atoms with E-state index in [9.17, 15) is 4.79 Å². The highest BCUT2D eigenvalue weighted by atomic mass is 32.2. The van der Waals surface area contributed by atoms with Crippen LogP contribution in [0.2, 0.25) is 0 Å². The Labute approximate surface area is 147 Å². The van der Waals surface area contributed by atoms with Gasteiger partial charge < -0.3 is 14.5 Å². The number of thioether (sulfide) groups is 1. The SMILES string of the molecule is CCSC1(CNC(=O)[C@@H](C)c2cc3ccccc3o2)CCOCC1. The average molecular weight is 347 g/mol. The Morgan fingerprint density at radius 1 is 1.33 bits per heavy atom. The van der Waals surface area contributed by atoms with Crippen LogP contribution in [-0.2, 0) is 9.53 Å². The van der Waals surface area contributed by atoms with E-state index in [4.69, 9.17) is 9.15 Å². The Morgan fingerprint density at radius 3 is 2.79 bits per heavy atom. The van der Waals surface area contributed by atoms with E-state index in [2.05, 4.69) is 12.2 Å². The number of carbonyl (C=O) groups is 1. The normalized spacial score (nSPS) is 18.4. The summed E-state index contributed by atoms with van der Waals surface area (Å²) in [6.45, 7) is 6.32. The zero-order chi connectivity index (χ0) is 17.0. The molecule has 2 aromatic rings. The minimum Gasteiger partial charge on any atom is -0.460 e. The Kier molecular flexibility index (Phi) is 5.51. The molecule has 4 nitrogen and oxygen atoms in total. The van der Waals surface area contributed by atoms with Crippen molar-refractivity contribution in [3.8, 4) is 0 Å². The Morgan fingerprint density at radius 2 is 2.08 bits per heavy atom. The molecule has 1 atom stereocenters. The highest BCUT2D eigenvalue weighted by molar-refractivity contribution is 8.00. The average Bonchev–Trinajstić information content (AvgIpc) is 3.04. The molecule has 1 aromatic heterocycles. The maximum Gasteiger partial charge on any atom is 0.230 e. The third-order valence-corrected chi connectivity index (χ3v) is 6.16. The van der Waals surface area contributed by atoms with E-state index in [1.165, 1.54) is 0 Å². The van der Waals surface area contributed by atoms with E-state index >= 15 is 0 Å². The molecule has 0 bridgehead atoms. The first-order valence-corrected chi connectivity index (χ1v) is 9.60. The van der Waals surface area contributed by atoms with Gasteiger partial charge in [-0.25, -0.2) is 0 Å². The van der Waals surface area contributed by atoms with Crippen LogP contribution in [0.1, 0.15) is 38.4 Å². The maximum absolute atomic E-state index is 12.6. The van der Waals surface area contributed by atoms with Gasteiger partial charge in [0.1, 0.15) is 11.3 Å². The molecule has 1 aliphatic rings. The summed E-state index contributed by atoms with van der Waals surface area (Å²) in [6, 6.07) is 9.81. The minimum absolute atomic E-state index is 0.0247. The fraction of sp³-hybridized carbons (Fsp3) is 0.526. The van der Waals surface area contributed by atoms with E-state index in [-0.39, 0.29) is 16.6 Å². The fourth-order valence-electron chi connectivity index (χ4n) is 3.17. The molecule has 1 fully saturated rings. The van der Waals surface area contributed by atoms with Crippen molar-refractivity contribution in [1.82, 2.24) is 5.32 Å². The van der Waals surface area contributed by atoms with Crippen molar-refractivity contribution in [3.05, 3.63) is 36.1 Å². The van der Waals surface area contributed by atoms with Gasteiger partial charge in [0, 0.05) is 29.9 Å². The molecule has 24 heavy (non-hydrogen) atoms. The fourth-order valence-corrected chi connectivity index (χ4v) is 4.41. The zero-order valence-electron chi connectivity index (χ0n) is 14.3. The molecule has 0 saturated carbocycles. The summed E-state index contributed by atoms with van der Waals surface area (Å²) in [5.74, 6) is 1.50. The molecule has 3 rings (SSSR count). The van der Waals surface area contributed by atoms with Crippen molar-refractivity contribution >= 4 is 28.6 Å². The predicted molar refractivity (Wildman–Crippen MR) is 98.6 cm³/mol. The van der Waals surface area contributed by atoms with Gasteiger partial charge in [0.15, 0.2) is 0 Å². The lowest BCUT2D eigenvalue weighted by Gasteiger charge is -2.36. The number of carbonyl (C=O) groups excluding carboxylic acids is 1. The lowest BCUT2D eigenvalue weighted by molar-refractivity contribution is -0.122. The van der Waals surface area contributed by atoms with E-state index < -0.39 is 0 Å². The van der Waals surface area contributed by atoms with Crippen molar-refractivity contribution in [2.24, 2.45) is 0 Å². The molecule has 1 N–H and O–H groups in total. The van der Waals surface area contributed by atoms with Crippen LogP contribution in [0.25, 0.3) is 11.0 Å². The summed E-state index contributed by atoms with van der Waals surface area (Å²) in [5, 5.41) is 4.18. The summed E-state index contributed by atoms with van der Waals surface area (Å²) in [4.78, 5) is 12.6. The number of hydrogen-bond donors (Lipinski definition) is 1. The van der Waals surface area contributed by atoms with Gasteiger partial charge in [-0.05, 0) is 37.7 Å². The van der Waals surface area contributed by atoms with Gasteiger partial charge in [-0.3, -0.25) is 4.79 Å². The molecule has 130 valence electrons. The minimum atomic E-state index is -0.291. The monoisotopic (exact) mass is 347 g/mol. The second-order valence-corrected chi connectivity index (χ2v) is 8.09. The topological polar surface area (TPSA) is 51.5 Å². The Hall–Kier alpha value is -1.46. The molecular formula is C19H25NO3S. The van der Waals surface area contributed by atoms with Crippen LogP contribution >= 0.6 is 11.8 Å². The number of para-hydroxylation sites is 1. The molecule has 0 spiro atoms. The van der Waals surface area contributed by atoms with Crippen LogP contribution in [0.15, 0.2) is 34.7 Å². The van der Waals surface area contributed by atoms with Gasteiger partial charge >= 0.3 is 0 Å². The lowest BCUT2D eigenvalue weighted by atomic mass is 9.98. The van der Waals surface area contributed by atoms with Gasteiger partial charge in [-0.15, -0.1) is 0 Å². The van der Waals surface area contributed by atoms with Gasteiger partial charge in [0.2, 0.25) is 5.91 Å². The summed E-state index contributed by atoms with van der Waals surface area (Å²) in [5.41, 5.74) is 0.828. The van der Waals surface area contributed by atoms with Crippen LogP contribution in [0.4, 0.5) is 0 Å². The standard InChI is InChI=1S/C19H25NO3S/c1-3-24-19(8-10-22-11-9-19)13-20-18(21)14(2)17-12-15-6-4-5-7-16(15)23-17/h4-7,12,14H,3,8-11,13H2,1-2H3,(H,20,21)/t14-/m0/s1. The van der Waals surface area contributed by atoms with Crippen molar-refractivity contribution in [2.75, 3.05) is 25.5 Å². The third-order valence-electron chi connectivity index (χ3n) is 4.70. The van der Waals surface area contributed by atoms with Crippen molar-refractivity contribution in [2.45, 2.75) is 37.4 Å². The van der Waals surface area contributed by atoms with Crippen molar-refractivity contribution < 1.29 is 13.9 Å². The molecule has 0 aliphatic carbocycles. The van der Waals surface area contributed by atoms with Crippen molar-refractivity contribution in [1.29, 1.82) is 0 Å². The van der Waals surface area contributed by atoms with E-state index in [1.807, 2.05) is 49.0 Å². The molecule has 2 heterocycles. The van der Waals surface area contributed by atoms with Gasteiger partial charge in [-0.2, -0.15) is 11.8 Å². The first kappa shape index (κ1) is 17.4. The molecule has 1 aliphatic heterocycles.